The number of fused-ring (bicyclic) bond motifs is 1. The highest BCUT2D eigenvalue weighted by Crippen LogP contribution is 2.39. The first-order chi connectivity index (χ1) is 15.6. The molecule has 4 atom stereocenters. The van der Waals surface area contributed by atoms with E-state index in [1.54, 1.807) is 0 Å². The molecule has 0 bridgehead atoms. The number of esters is 2. The number of rotatable bonds is 5. The van der Waals surface area contributed by atoms with Crippen LogP contribution in [0.1, 0.15) is 26.5 Å². The molecule has 2 aromatic heterocycles. The van der Waals surface area contributed by atoms with Crippen LogP contribution in [0.15, 0.2) is 11.0 Å². The second kappa shape index (κ2) is 8.77. The zero-order valence-electron chi connectivity index (χ0n) is 17.4. The zero-order chi connectivity index (χ0) is 25.6. The fourth-order valence-electron chi connectivity index (χ4n) is 3.57. The second-order valence-electron chi connectivity index (χ2n) is 7.31. The molecule has 0 radical (unpaired) electrons. The number of nitrogen functional groups attached to an aromatic ring is 1. The molecule has 1 aliphatic heterocycles. The largest absolute Gasteiger partial charge is 0.458 e. The minimum Gasteiger partial charge on any atom is -0.458 e. The molecule has 3 rings (SSSR count). The molecule has 0 aliphatic carbocycles. The molecule has 2 N–H and O–H groups in total. The fraction of sp³-hybridized carbons (Fsp3) is 0.588. The van der Waals surface area contributed by atoms with Gasteiger partial charge >= 0.3 is 30.0 Å². The molecule has 2 aromatic rings. The smallest absolute Gasteiger partial charge is 0.428 e. The summed E-state index contributed by atoms with van der Waals surface area (Å²) in [6.07, 6.45) is -18.1. The van der Waals surface area contributed by atoms with Crippen molar-refractivity contribution in [2.45, 2.75) is 63.7 Å². The lowest BCUT2D eigenvalue weighted by atomic mass is 10.1. The average molecular weight is 501 g/mol. The maximum absolute atomic E-state index is 13.5. The van der Waals surface area contributed by atoms with E-state index >= 15 is 0 Å². The minimum absolute atomic E-state index is 0.226. The van der Waals surface area contributed by atoms with Crippen LogP contribution in [0, 0.1) is 0 Å². The minimum atomic E-state index is -5.12. The number of halogens is 6. The summed E-state index contributed by atoms with van der Waals surface area (Å²) in [6.45, 7) is -0.132. The van der Waals surface area contributed by atoms with E-state index in [9.17, 15) is 40.7 Å². The second-order valence-corrected chi connectivity index (χ2v) is 7.31. The monoisotopic (exact) mass is 501 g/mol. The molecule has 1 saturated heterocycles. The third-order valence-electron chi connectivity index (χ3n) is 4.68. The summed E-state index contributed by atoms with van der Waals surface area (Å²) in [5, 5.41) is 0. The third kappa shape index (κ3) is 5.23. The van der Waals surface area contributed by atoms with E-state index < -0.39 is 84.6 Å². The van der Waals surface area contributed by atoms with Gasteiger partial charge in [0, 0.05) is 20.3 Å². The molecule has 3 unspecified atom stereocenters. The molecule has 17 heteroatoms. The Morgan fingerprint density at radius 1 is 1.24 bits per heavy atom. The number of carbonyl (C=O) groups is 2. The van der Waals surface area contributed by atoms with Crippen molar-refractivity contribution < 1.29 is 50.1 Å². The van der Waals surface area contributed by atoms with Gasteiger partial charge < -0.3 is 19.9 Å². The predicted octanol–water partition coefficient (Wildman–Crippen LogP) is 1.45. The summed E-state index contributed by atoms with van der Waals surface area (Å²) in [5.74, 6) is -2.73. The number of aromatic nitrogens is 4. The summed E-state index contributed by atoms with van der Waals surface area (Å²) in [5.41, 5.74) is 3.15. The first kappa shape index (κ1) is 25.3. The molecule has 3 heterocycles. The van der Waals surface area contributed by atoms with E-state index in [4.69, 9.17) is 15.2 Å². The van der Waals surface area contributed by atoms with Gasteiger partial charge in [-0.1, -0.05) is 0 Å². The van der Waals surface area contributed by atoms with Crippen molar-refractivity contribution in [3.8, 4) is 0 Å². The number of alkyl halides is 6. The van der Waals surface area contributed by atoms with Crippen LogP contribution in [-0.2, 0) is 30.3 Å². The molecule has 1 fully saturated rings. The Hall–Kier alpha value is -3.37. The highest BCUT2D eigenvalue weighted by atomic mass is 19.4. The highest BCUT2D eigenvalue weighted by molar-refractivity contribution is 5.72. The molecule has 11 nitrogen and oxygen atoms in total. The van der Waals surface area contributed by atoms with Gasteiger partial charge in [-0.25, -0.2) is 14.3 Å². The van der Waals surface area contributed by atoms with Crippen molar-refractivity contribution >= 4 is 29.1 Å². The Bertz CT molecular complexity index is 1160. The summed E-state index contributed by atoms with van der Waals surface area (Å²) in [7, 11) is 0. The first-order valence-corrected chi connectivity index (χ1v) is 9.45. The number of hydrogen-bond donors (Lipinski definition) is 1. The molecular formula is C17H17F6N5O6. The number of ether oxygens (including phenoxy) is 3. The van der Waals surface area contributed by atoms with Crippen molar-refractivity contribution in [1.29, 1.82) is 0 Å². The van der Waals surface area contributed by atoms with Crippen molar-refractivity contribution in [2.24, 2.45) is 0 Å². The first-order valence-electron chi connectivity index (χ1n) is 9.45. The fourth-order valence-corrected chi connectivity index (χ4v) is 3.57. The lowest BCUT2D eigenvalue weighted by molar-refractivity contribution is -0.248. The number of hydrogen-bond acceptors (Lipinski definition) is 9. The van der Waals surface area contributed by atoms with E-state index in [-0.39, 0.29) is 4.57 Å². The number of imidazole rings is 1. The summed E-state index contributed by atoms with van der Waals surface area (Å²) >= 11 is 0. The third-order valence-corrected chi connectivity index (χ3v) is 4.68. The van der Waals surface area contributed by atoms with Gasteiger partial charge in [0.25, 0.3) is 0 Å². The van der Waals surface area contributed by atoms with Crippen LogP contribution in [0.2, 0.25) is 0 Å². The molecule has 0 spiro atoms. The molecule has 0 aromatic carbocycles. The molecule has 34 heavy (non-hydrogen) atoms. The van der Waals surface area contributed by atoms with Crippen molar-refractivity contribution in [2.75, 3.05) is 5.73 Å². The van der Waals surface area contributed by atoms with Crippen molar-refractivity contribution in [1.82, 2.24) is 19.1 Å². The van der Waals surface area contributed by atoms with E-state index in [0.29, 0.717) is 4.57 Å². The standard InChI is InChI=1S/C17H17F6N5O6/c1-6(29)32-10-3-9(11(17(21,22)23)33-7(2)30)34-13(10)28-12-8(4-25-14(24)26-12)27(15(28)31)5-16(18,19)20/h4,9-11,13H,3,5H2,1-2H3,(H2,24,25,26)/t9?,10?,11-,13?/m1/s1. The SMILES string of the molecule is CC(=O)OC1CC([C@@H](OC(C)=O)C(F)(F)F)OC1n1c(=O)n(CC(F)(F)F)c2cnc(N)nc21. The molecular weight excluding hydrogens is 484 g/mol. The molecule has 0 amide bonds. The van der Waals surface area contributed by atoms with Gasteiger partial charge in [0.15, 0.2) is 11.9 Å². The van der Waals surface area contributed by atoms with E-state index in [1.165, 1.54) is 0 Å². The highest BCUT2D eigenvalue weighted by Gasteiger charge is 2.54. The van der Waals surface area contributed by atoms with Crippen molar-refractivity contribution in [3.63, 3.8) is 0 Å². The van der Waals surface area contributed by atoms with Crippen LogP contribution in [0.25, 0.3) is 11.2 Å². The van der Waals surface area contributed by atoms with Gasteiger partial charge in [0.05, 0.1) is 6.20 Å². The van der Waals surface area contributed by atoms with Crippen LogP contribution in [0.3, 0.4) is 0 Å². The maximum Gasteiger partial charge on any atom is 0.428 e. The Balaban J connectivity index is 2.15. The molecule has 1 aliphatic rings. The Kier molecular flexibility index (Phi) is 6.51. The van der Waals surface area contributed by atoms with E-state index in [0.717, 1.165) is 20.0 Å². The quantitative estimate of drug-likeness (QED) is 0.476. The summed E-state index contributed by atoms with van der Waals surface area (Å²) < 4.78 is 95.2. The number of nitrogens with two attached hydrogens (primary N) is 1. The van der Waals surface area contributed by atoms with Crippen LogP contribution >= 0.6 is 0 Å². The number of carbonyl (C=O) groups excluding carboxylic acids is 2. The van der Waals surface area contributed by atoms with Crippen molar-refractivity contribution in [3.05, 3.63) is 16.7 Å². The average Bonchev–Trinajstić information content (AvgIpc) is 3.15. The van der Waals surface area contributed by atoms with Crippen LogP contribution in [0.4, 0.5) is 32.3 Å². The van der Waals surface area contributed by atoms with Gasteiger partial charge in [-0.05, 0) is 0 Å². The van der Waals surface area contributed by atoms with Crippen LogP contribution in [0.5, 0.6) is 0 Å². The zero-order valence-corrected chi connectivity index (χ0v) is 17.4. The van der Waals surface area contributed by atoms with Gasteiger partial charge in [0.1, 0.15) is 24.3 Å². The van der Waals surface area contributed by atoms with Gasteiger partial charge in [0.2, 0.25) is 12.1 Å². The topological polar surface area (TPSA) is 141 Å². The normalized spacial score (nSPS) is 22.1. The van der Waals surface area contributed by atoms with Crippen LogP contribution in [-0.4, -0.2) is 61.7 Å². The Morgan fingerprint density at radius 3 is 2.41 bits per heavy atom. The van der Waals surface area contributed by atoms with Gasteiger partial charge in [-0.15, -0.1) is 0 Å². The Labute approximate surface area is 185 Å². The number of anilines is 1. The predicted molar refractivity (Wildman–Crippen MR) is 97.9 cm³/mol. The summed E-state index contributed by atoms with van der Waals surface area (Å²) in [6, 6.07) is 0. The van der Waals surface area contributed by atoms with Gasteiger partial charge in [-0.3, -0.25) is 14.2 Å². The van der Waals surface area contributed by atoms with Crippen LogP contribution < -0.4 is 11.4 Å². The maximum atomic E-state index is 13.5. The van der Waals surface area contributed by atoms with E-state index in [1.807, 2.05) is 0 Å². The lowest BCUT2D eigenvalue weighted by Crippen LogP contribution is -2.43. The number of nitrogens with zero attached hydrogens (tertiary/aromatic N) is 4. The van der Waals surface area contributed by atoms with E-state index in [2.05, 4.69) is 14.7 Å². The lowest BCUT2D eigenvalue weighted by Gasteiger charge is -2.25. The Morgan fingerprint density at radius 2 is 1.88 bits per heavy atom. The summed E-state index contributed by atoms with van der Waals surface area (Å²) in [4.78, 5) is 43.0. The van der Waals surface area contributed by atoms with Gasteiger partial charge in [-0.2, -0.15) is 31.3 Å². The molecule has 0 saturated carbocycles. The molecule has 188 valence electrons.